The number of aliphatic hydroxyl groups is 1. The van der Waals surface area contributed by atoms with Gasteiger partial charge in [-0.25, -0.2) is 4.98 Å². The number of aliphatic hydroxyl groups excluding tert-OH is 1. The molecular formula is C16H25N3O. The Morgan fingerprint density at radius 1 is 1.35 bits per heavy atom. The highest BCUT2D eigenvalue weighted by Gasteiger charge is 2.22. The predicted molar refractivity (Wildman–Crippen MR) is 83.8 cm³/mol. The van der Waals surface area contributed by atoms with Gasteiger partial charge in [0, 0.05) is 17.6 Å². The summed E-state index contributed by atoms with van der Waals surface area (Å²) in [6.07, 6.45) is 1.49. The Morgan fingerprint density at radius 3 is 2.65 bits per heavy atom. The number of nitrogens with two attached hydrogens (primary N) is 1. The van der Waals surface area contributed by atoms with Gasteiger partial charge in [0.15, 0.2) is 0 Å². The lowest BCUT2D eigenvalue weighted by atomic mass is 9.95. The van der Waals surface area contributed by atoms with Gasteiger partial charge in [0.2, 0.25) is 0 Å². The smallest absolute Gasteiger partial charge is 0.115 e. The van der Waals surface area contributed by atoms with Crippen molar-refractivity contribution in [1.29, 1.82) is 0 Å². The lowest BCUT2D eigenvalue weighted by Crippen LogP contribution is -2.19. The van der Waals surface area contributed by atoms with Gasteiger partial charge in [0.25, 0.3) is 0 Å². The standard InChI is InChI=1S/C16H25N3O/c1-11(20)6-5-9-19-14-8-7-12(17)10-13(14)18-15(19)16(2,3)4/h7-8,10-11,20H,5-6,9,17H2,1-4H3. The number of nitrogen functional groups attached to an aromatic ring is 1. The summed E-state index contributed by atoms with van der Waals surface area (Å²) in [6, 6.07) is 5.88. The first-order valence-corrected chi connectivity index (χ1v) is 7.23. The molecule has 2 rings (SSSR count). The summed E-state index contributed by atoms with van der Waals surface area (Å²) < 4.78 is 2.26. The predicted octanol–water partition coefficient (Wildman–Crippen LogP) is 3.08. The Bertz CT molecular complexity index is 594. The normalized spacial score (nSPS) is 13.8. The van der Waals surface area contributed by atoms with Gasteiger partial charge < -0.3 is 15.4 Å². The van der Waals surface area contributed by atoms with Crippen LogP contribution < -0.4 is 5.73 Å². The third-order valence-corrected chi connectivity index (χ3v) is 3.45. The molecule has 3 N–H and O–H groups in total. The zero-order valence-electron chi connectivity index (χ0n) is 12.8. The second kappa shape index (κ2) is 5.44. The number of hydrogen-bond donors (Lipinski definition) is 2. The van der Waals surface area contributed by atoms with E-state index in [4.69, 9.17) is 10.7 Å². The topological polar surface area (TPSA) is 64.1 Å². The van der Waals surface area contributed by atoms with Gasteiger partial charge in [-0.1, -0.05) is 20.8 Å². The average Bonchev–Trinajstić information content (AvgIpc) is 2.66. The molecule has 4 nitrogen and oxygen atoms in total. The molecule has 0 amide bonds. The summed E-state index contributed by atoms with van der Waals surface area (Å²) in [7, 11) is 0. The molecule has 1 aromatic carbocycles. The number of imidazole rings is 1. The van der Waals surface area contributed by atoms with Crippen LogP contribution in [0.5, 0.6) is 0 Å². The molecule has 0 bridgehead atoms. The van der Waals surface area contributed by atoms with Crippen LogP contribution in [0.4, 0.5) is 5.69 Å². The number of fused-ring (bicyclic) bond motifs is 1. The maximum atomic E-state index is 9.42. The van der Waals surface area contributed by atoms with Crippen molar-refractivity contribution in [3.05, 3.63) is 24.0 Å². The molecule has 4 heteroatoms. The third kappa shape index (κ3) is 3.12. The van der Waals surface area contributed by atoms with Crippen LogP contribution in [0, 0.1) is 0 Å². The number of aryl methyl sites for hydroxylation is 1. The highest BCUT2D eigenvalue weighted by molar-refractivity contribution is 5.79. The van der Waals surface area contributed by atoms with Crippen molar-refractivity contribution in [3.8, 4) is 0 Å². The fourth-order valence-electron chi connectivity index (χ4n) is 2.49. The molecule has 1 aromatic heterocycles. The van der Waals surface area contributed by atoms with E-state index in [1.54, 1.807) is 0 Å². The maximum Gasteiger partial charge on any atom is 0.115 e. The number of benzene rings is 1. The summed E-state index contributed by atoms with van der Waals surface area (Å²) in [5, 5.41) is 9.42. The van der Waals surface area contributed by atoms with Gasteiger partial charge >= 0.3 is 0 Å². The van der Waals surface area contributed by atoms with Crippen LogP contribution in [0.2, 0.25) is 0 Å². The minimum atomic E-state index is -0.251. The second-order valence-corrected chi connectivity index (χ2v) is 6.58. The molecular weight excluding hydrogens is 250 g/mol. The molecule has 2 aromatic rings. The van der Waals surface area contributed by atoms with E-state index in [1.807, 2.05) is 25.1 Å². The quantitative estimate of drug-likeness (QED) is 0.843. The number of aromatic nitrogens is 2. The first-order chi connectivity index (χ1) is 9.29. The van der Waals surface area contributed by atoms with E-state index in [1.165, 1.54) is 0 Å². The Morgan fingerprint density at radius 2 is 2.05 bits per heavy atom. The molecule has 0 saturated heterocycles. The van der Waals surface area contributed by atoms with Crippen molar-refractivity contribution in [2.75, 3.05) is 5.73 Å². The second-order valence-electron chi connectivity index (χ2n) is 6.58. The zero-order chi connectivity index (χ0) is 14.9. The van der Waals surface area contributed by atoms with E-state index in [9.17, 15) is 5.11 Å². The molecule has 1 unspecified atom stereocenters. The fourth-order valence-corrected chi connectivity index (χ4v) is 2.49. The van der Waals surface area contributed by atoms with Crippen molar-refractivity contribution >= 4 is 16.7 Å². The summed E-state index contributed by atoms with van der Waals surface area (Å²) >= 11 is 0. The van der Waals surface area contributed by atoms with E-state index < -0.39 is 0 Å². The zero-order valence-corrected chi connectivity index (χ0v) is 12.8. The summed E-state index contributed by atoms with van der Waals surface area (Å²) in [5.74, 6) is 1.07. The minimum Gasteiger partial charge on any atom is -0.399 e. The molecule has 0 radical (unpaired) electrons. The summed E-state index contributed by atoms with van der Waals surface area (Å²) in [5.41, 5.74) is 8.65. The van der Waals surface area contributed by atoms with E-state index in [0.29, 0.717) is 0 Å². The monoisotopic (exact) mass is 275 g/mol. The Balaban J connectivity index is 2.42. The average molecular weight is 275 g/mol. The van der Waals surface area contributed by atoms with Crippen molar-refractivity contribution in [2.24, 2.45) is 0 Å². The van der Waals surface area contributed by atoms with Gasteiger partial charge in [0.1, 0.15) is 5.82 Å². The van der Waals surface area contributed by atoms with Crippen molar-refractivity contribution in [3.63, 3.8) is 0 Å². The molecule has 0 aliphatic heterocycles. The first kappa shape index (κ1) is 14.9. The van der Waals surface area contributed by atoms with E-state index in [-0.39, 0.29) is 11.5 Å². The molecule has 0 fully saturated rings. The van der Waals surface area contributed by atoms with Gasteiger partial charge in [-0.2, -0.15) is 0 Å². The molecule has 110 valence electrons. The SMILES string of the molecule is CC(O)CCCn1c(C(C)(C)C)nc2cc(N)ccc21. The maximum absolute atomic E-state index is 9.42. The van der Waals surface area contributed by atoms with Gasteiger partial charge in [-0.3, -0.25) is 0 Å². The highest BCUT2D eigenvalue weighted by Crippen LogP contribution is 2.27. The van der Waals surface area contributed by atoms with Crippen LogP contribution in [-0.4, -0.2) is 20.8 Å². The van der Waals surface area contributed by atoms with Crippen molar-refractivity contribution < 1.29 is 5.11 Å². The van der Waals surface area contributed by atoms with E-state index >= 15 is 0 Å². The third-order valence-electron chi connectivity index (χ3n) is 3.45. The Labute approximate surface area is 120 Å². The lowest BCUT2D eigenvalue weighted by molar-refractivity contribution is 0.179. The Kier molecular flexibility index (Phi) is 4.04. The molecule has 0 spiro atoms. The van der Waals surface area contributed by atoms with E-state index in [2.05, 4.69) is 25.3 Å². The van der Waals surface area contributed by atoms with Crippen LogP contribution in [0.15, 0.2) is 18.2 Å². The fraction of sp³-hybridized carbons (Fsp3) is 0.562. The highest BCUT2D eigenvalue weighted by atomic mass is 16.3. The number of rotatable bonds is 4. The van der Waals surface area contributed by atoms with Crippen LogP contribution >= 0.6 is 0 Å². The summed E-state index contributed by atoms with van der Waals surface area (Å²) in [4.78, 5) is 4.76. The number of nitrogens with zero attached hydrogens (tertiary/aromatic N) is 2. The molecule has 0 saturated carbocycles. The van der Waals surface area contributed by atoms with E-state index in [0.717, 1.165) is 41.9 Å². The van der Waals surface area contributed by atoms with Gasteiger partial charge in [-0.15, -0.1) is 0 Å². The van der Waals surface area contributed by atoms with Crippen molar-refractivity contribution in [1.82, 2.24) is 9.55 Å². The van der Waals surface area contributed by atoms with Gasteiger partial charge in [-0.05, 0) is 38.0 Å². The lowest BCUT2D eigenvalue weighted by Gasteiger charge is -2.20. The molecule has 0 aliphatic carbocycles. The van der Waals surface area contributed by atoms with Crippen molar-refractivity contribution in [2.45, 2.75) is 58.6 Å². The minimum absolute atomic E-state index is 0.0153. The number of hydrogen-bond acceptors (Lipinski definition) is 3. The first-order valence-electron chi connectivity index (χ1n) is 7.23. The molecule has 0 aliphatic rings. The van der Waals surface area contributed by atoms with Crippen LogP contribution in [0.1, 0.15) is 46.4 Å². The molecule has 20 heavy (non-hydrogen) atoms. The molecule has 1 atom stereocenters. The largest absolute Gasteiger partial charge is 0.399 e. The van der Waals surface area contributed by atoms with Crippen LogP contribution in [0.3, 0.4) is 0 Å². The Hall–Kier alpha value is -1.55. The van der Waals surface area contributed by atoms with Crippen LogP contribution in [0.25, 0.3) is 11.0 Å². The van der Waals surface area contributed by atoms with Crippen LogP contribution in [-0.2, 0) is 12.0 Å². The van der Waals surface area contributed by atoms with Gasteiger partial charge in [0.05, 0.1) is 17.1 Å². The molecule has 1 heterocycles. The number of anilines is 1. The summed E-state index contributed by atoms with van der Waals surface area (Å²) in [6.45, 7) is 9.21.